The average molecular weight is 362 g/mol. The summed E-state index contributed by atoms with van der Waals surface area (Å²) in [4.78, 5) is 12.3. The van der Waals surface area contributed by atoms with Gasteiger partial charge in [0.15, 0.2) is 5.78 Å². The largest absolute Gasteiger partial charge is 0.489 e. The van der Waals surface area contributed by atoms with Gasteiger partial charge in [-0.2, -0.15) is 0 Å². The summed E-state index contributed by atoms with van der Waals surface area (Å²) in [7, 11) is 0. The molecule has 140 valence electrons. The molecule has 0 saturated heterocycles. The number of fused-ring (bicyclic) bond motifs is 1. The number of hydrogen-bond acceptors (Lipinski definition) is 3. The molecule has 4 rings (SSSR count). The molecule has 0 radical (unpaired) electrons. The summed E-state index contributed by atoms with van der Waals surface area (Å²) in [6.45, 7) is 2.44. The summed E-state index contributed by atoms with van der Waals surface area (Å²) in [5.41, 5.74) is 3.75. The first-order valence-electron chi connectivity index (χ1n) is 9.80. The van der Waals surface area contributed by atoms with Crippen LogP contribution in [0.1, 0.15) is 50.2 Å². The van der Waals surface area contributed by atoms with Gasteiger partial charge >= 0.3 is 0 Å². The first kappa shape index (κ1) is 18.0. The maximum atomic E-state index is 12.3. The van der Waals surface area contributed by atoms with E-state index in [2.05, 4.69) is 12.1 Å². The third kappa shape index (κ3) is 3.21. The number of carbonyl (C=O) groups is 1. The van der Waals surface area contributed by atoms with Crippen molar-refractivity contribution in [2.24, 2.45) is 0 Å². The Hall–Kier alpha value is -2.39. The molecule has 0 aromatic heterocycles. The zero-order chi connectivity index (χ0) is 18.9. The molecule has 27 heavy (non-hydrogen) atoms. The molecule has 0 spiro atoms. The van der Waals surface area contributed by atoms with E-state index in [4.69, 9.17) is 4.74 Å². The zero-order valence-corrected chi connectivity index (χ0v) is 15.8. The number of carbonyl (C=O) groups excluding carboxylic acids is 1. The van der Waals surface area contributed by atoms with Gasteiger partial charge in [-0.15, -0.1) is 0 Å². The van der Waals surface area contributed by atoms with Crippen molar-refractivity contribution in [2.45, 2.75) is 57.2 Å². The fraction of sp³-hybridized carbons (Fsp3) is 0.375. The van der Waals surface area contributed by atoms with Gasteiger partial charge in [0, 0.05) is 11.8 Å². The van der Waals surface area contributed by atoms with Crippen LogP contribution >= 0.6 is 0 Å². The van der Waals surface area contributed by atoms with Crippen molar-refractivity contribution in [1.82, 2.24) is 0 Å². The Morgan fingerprint density at radius 1 is 1.11 bits per heavy atom. The molecule has 0 bridgehead atoms. The van der Waals surface area contributed by atoms with Gasteiger partial charge in [0.2, 0.25) is 0 Å². The highest BCUT2D eigenvalue weighted by Crippen LogP contribution is 2.51. The number of allylic oxidation sites excluding steroid dienone is 1. The number of aliphatic hydroxyl groups excluding tert-OH is 1. The minimum atomic E-state index is -0.450. The van der Waals surface area contributed by atoms with Crippen molar-refractivity contribution in [3.63, 3.8) is 0 Å². The third-order valence-corrected chi connectivity index (χ3v) is 6.23. The Morgan fingerprint density at radius 3 is 2.74 bits per heavy atom. The van der Waals surface area contributed by atoms with E-state index in [1.165, 1.54) is 0 Å². The molecule has 2 aromatic rings. The van der Waals surface area contributed by atoms with Crippen LogP contribution < -0.4 is 4.74 Å². The second-order valence-electron chi connectivity index (χ2n) is 7.71. The molecule has 3 nitrogen and oxygen atoms in total. The van der Waals surface area contributed by atoms with Crippen LogP contribution in [0, 0.1) is 0 Å². The molecule has 0 aliphatic heterocycles. The van der Waals surface area contributed by atoms with Gasteiger partial charge in [-0.3, -0.25) is 4.79 Å². The van der Waals surface area contributed by atoms with Crippen molar-refractivity contribution < 1.29 is 14.6 Å². The highest BCUT2D eigenvalue weighted by Gasteiger charge is 2.48. The summed E-state index contributed by atoms with van der Waals surface area (Å²) < 4.78 is 6.02. The smallest absolute Gasteiger partial charge is 0.158 e. The number of ketones is 1. The molecular weight excluding hydrogens is 336 g/mol. The van der Waals surface area contributed by atoms with E-state index < -0.39 is 11.5 Å². The predicted octanol–water partition coefficient (Wildman–Crippen LogP) is 4.73. The van der Waals surface area contributed by atoms with Crippen molar-refractivity contribution in [1.29, 1.82) is 0 Å². The second kappa shape index (κ2) is 7.32. The van der Waals surface area contributed by atoms with Crippen molar-refractivity contribution in [3.05, 3.63) is 76.9 Å². The molecule has 0 unspecified atom stereocenters. The van der Waals surface area contributed by atoms with Crippen molar-refractivity contribution >= 4 is 5.78 Å². The number of benzene rings is 2. The SMILES string of the molecule is CC1=C2CCC[C@H](O)[C@@]2(c2cccc(OCc3ccccc3)c2)CCC1=O. The Balaban J connectivity index is 1.68. The van der Waals surface area contributed by atoms with Crippen LogP contribution in [0.25, 0.3) is 0 Å². The maximum absolute atomic E-state index is 12.3. The summed E-state index contributed by atoms with van der Waals surface area (Å²) >= 11 is 0. The molecule has 2 aliphatic carbocycles. The van der Waals surface area contributed by atoms with Gasteiger partial charge in [0.1, 0.15) is 12.4 Å². The van der Waals surface area contributed by atoms with Crippen molar-refractivity contribution in [3.8, 4) is 5.75 Å². The molecule has 1 fully saturated rings. The monoisotopic (exact) mass is 362 g/mol. The van der Waals surface area contributed by atoms with E-state index >= 15 is 0 Å². The Bertz CT molecular complexity index is 868. The predicted molar refractivity (Wildman–Crippen MR) is 106 cm³/mol. The van der Waals surface area contributed by atoms with Gasteiger partial charge in [0.25, 0.3) is 0 Å². The van der Waals surface area contributed by atoms with Crippen LogP contribution in [0.2, 0.25) is 0 Å². The highest BCUT2D eigenvalue weighted by atomic mass is 16.5. The minimum absolute atomic E-state index is 0.228. The summed E-state index contributed by atoms with van der Waals surface area (Å²) in [6, 6.07) is 18.2. The number of Topliss-reactive ketones (excluding diaryl/α,β-unsaturated/α-hetero) is 1. The minimum Gasteiger partial charge on any atom is -0.489 e. The highest BCUT2D eigenvalue weighted by molar-refractivity contribution is 5.97. The Morgan fingerprint density at radius 2 is 1.93 bits per heavy atom. The van der Waals surface area contributed by atoms with Gasteiger partial charge in [0.05, 0.1) is 6.10 Å². The Labute approximate surface area is 160 Å². The van der Waals surface area contributed by atoms with Crippen LogP contribution in [0.15, 0.2) is 65.7 Å². The van der Waals surface area contributed by atoms with Gasteiger partial charge in [-0.1, -0.05) is 48.0 Å². The standard InChI is InChI=1S/C24H26O3/c1-17-21-11-6-12-23(26)24(21,14-13-22(17)25)19-9-5-10-20(15-19)27-16-18-7-3-2-4-8-18/h2-5,7-10,15,23,26H,6,11-14,16H2,1H3/t23-,24+/m0/s1. The lowest BCUT2D eigenvalue weighted by molar-refractivity contribution is -0.117. The number of rotatable bonds is 4. The number of ether oxygens (including phenoxy) is 1. The van der Waals surface area contributed by atoms with E-state index in [1.54, 1.807) is 0 Å². The van der Waals surface area contributed by atoms with Gasteiger partial charge < -0.3 is 9.84 Å². The van der Waals surface area contributed by atoms with Gasteiger partial charge in [-0.25, -0.2) is 0 Å². The molecule has 3 heteroatoms. The van der Waals surface area contributed by atoms with E-state index in [-0.39, 0.29) is 5.78 Å². The first-order chi connectivity index (χ1) is 13.1. The fourth-order valence-corrected chi connectivity index (χ4v) is 4.76. The van der Waals surface area contributed by atoms with E-state index in [0.717, 1.165) is 47.3 Å². The van der Waals surface area contributed by atoms with E-state index in [1.807, 2.05) is 49.4 Å². The molecule has 2 aromatic carbocycles. The zero-order valence-electron chi connectivity index (χ0n) is 15.8. The maximum Gasteiger partial charge on any atom is 0.158 e. The molecule has 2 atom stereocenters. The molecule has 1 saturated carbocycles. The summed E-state index contributed by atoms with van der Waals surface area (Å²) in [5.74, 6) is 1.03. The quantitative estimate of drug-likeness (QED) is 0.855. The van der Waals surface area contributed by atoms with Crippen LogP contribution in [0.4, 0.5) is 0 Å². The topological polar surface area (TPSA) is 46.5 Å². The van der Waals surface area contributed by atoms with E-state index in [9.17, 15) is 9.90 Å². The Kier molecular flexibility index (Phi) is 4.88. The van der Waals surface area contributed by atoms with Gasteiger partial charge in [-0.05, 0) is 61.4 Å². The molecular formula is C24H26O3. The van der Waals surface area contributed by atoms with Crippen LogP contribution in [-0.2, 0) is 16.8 Å². The lowest BCUT2D eigenvalue weighted by Crippen LogP contribution is -2.47. The first-order valence-corrected chi connectivity index (χ1v) is 9.80. The number of aliphatic hydroxyl groups is 1. The molecule has 0 heterocycles. The summed E-state index contributed by atoms with van der Waals surface area (Å²) in [5, 5.41) is 11.0. The average Bonchev–Trinajstić information content (AvgIpc) is 2.71. The fourth-order valence-electron chi connectivity index (χ4n) is 4.76. The van der Waals surface area contributed by atoms with Crippen LogP contribution in [0.5, 0.6) is 5.75 Å². The van der Waals surface area contributed by atoms with Crippen LogP contribution in [0.3, 0.4) is 0 Å². The van der Waals surface area contributed by atoms with Crippen molar-refractivity contribution in [2.75, 3.05) is 0 Å². The lowest BCUT2D eigenvalue weighted by atomic mass is 9.58. The summed E-state index contributed by atoms with van der Waals surface area (Å²) in [6.07, 6.45) is 3.34. The molecule has 1 N–H and O–H groups in total. The molecule has 2 aliphatic rings. The van der Waals surface area contributed by atoms with E-state index in [0.29, 0.717) is 19.4 Å². The third-order valence-electron chi connectivity index (χ3n) is 6.23. The lowest BCUT2D eigenvalue weighted by Gasteiger charge is -2.47. The number of hydrogen-bond donors (Lipinski definition) is 1. The van der Waals surface area contributed by atoms with Crippen LogP contribution in [-0.4, -0.2) is 17.0 Å². The second-order valence-corrected chi connectivity index (χ2v) is 7.71. The normalized spacial score (nSPS) is 25.3. The molecule has 0 amide bonds.